The van der Waals surface area contributed by atoms with Crippen molar-refractivity contribution < 1.29 is 19.4 Å². The van der Waals surface area contributed by atoms with Gasteiger partial charge in [0, 0.05) is 6.54 Å². The normalized spacial score (nSPS) is 22.8. The van der Waals surface area contributed by atoms with E-state index in [-0.39, 0.29) is 12.0 Å². The van der Waals surface area contributed by atoms with Crippen LogP contribution in [0.1, 0.15) is 40.5 Å². The van der Waals surface area contributed by atoms with Crippen LogP contribution in [0, 0.1) is 5.92 Å². The third-order valence-electron chi connectivity index (χ3n) is 2.97. The van der Waals surface area contributed by atoms with E-state index in [9.17, 15) is 9.59 Å². The highest BCUT2D eigenvalue weighted by atomic mass is 16.6. The van der Waals surface area contributed by atoms with Crippen LogP contribution in [0.25, 0.3) is 0 Å². The number of aliphatic carboxylic acids is 1. The van der Waals surface area contributed by atoms with E-state index in [0.717, 1.165) is 19.4 Å². The molecule has 104 valence electrons. The molecule has 0 saturated carbocycles. The molecule has 0 amide bonds. The lowest BCUT2D eigenvalue weighted by molar-refractivity contribution is -0.161. The summed E-state index contributed by atoms with van der Waals surface area (Å²) < 4.78 is 5.37. The fourth-order valence-electron chi connectivity index (χ4n) is 2.11. The first-order valence-electron chi connectivity index (χ1n) is 6.40. The molecule has 1 N–H and O–H groups in total. The first-order valence-corrected chi connectivity index (χ1v) is 6.40. The molecule has 0 radical (unpaired) electrons. The number of likely N-dealkylation sites (tertiary alicyclic amines) is 1. The summed E-state index contributed by atoms with van der Waals surface area (Å²) >= 11 is 0. The number of carbonyl (C=O) groups excluding carboxylic acids is 1. The van der Waals surface area contributed by atoms with Gasteiger partial charge in [-0.2, -0.15) is 0 Å². The van der Waals surface area contributed by atoms with Crippen LogP contribution in [-0.2, 0) is 14.3 Å². The Morgan fingerprint density at radius 1 is 1.44 bits per heavy atom. The standard InChI is InChI=1S/C13H23NO4/c1-9(11(15)16)8-14-7-5-6-10(14)12(17)18-13(2,3)4/h9-10H,5-8H2,1-4H3,(H,15,16)/t9?,10-/m1/s1. The Morgan fingerprint density at radius 3 is 2.56 bits per heavy atom. The summed E-state index contributed by atoms with van der Waals surface area (Å²) in [5, 5.41) is 8.91. The van der Waals surface area contributed by atoms with Crippen LogP contribution >= 0.6 is 0 Å². The van der Waals surface area contributed by atoms with E-state index in [4.69, 9.17) is 9.84 Å². The van der Waals surface area contributed by atoms with Crippen molar-refractivity contribution in [3.05, 3.63) is 0 Å². The molecule has 1 fully saturated rings. The zero-order valence-electron chi connectivity index (χ0n) is 11.6. The molecular formula is C13H23NO4. The largest absolute Gasteiger partial charge is 0.481 e. The molecular weight excluding hydrogens is 234 g/mol. The van der Waals surface area contributed by atoms with Gasteiger partial charge < -0.3 is 9.84 Å². The summed E-state index contributed by atoms with van der Waals surface area (Å²) in [5.41, 5.74) is -0.496. The van der Waals surface area contributed by atoms with Crippen molar-refractivity contribution >= 4 is 11.9 Å². The van der Waals surface area contributed by atoms with Gasteiger partial charge in [0.15, 0.2) is 0 Å². The van der Waals surface area contributed by atoms with Crippen LogP contribution in [-0.4, -0.2) is 46.7 Å². The Morgan fingerprint density at radius 2 is 2.06 bits per heavy atom. The van der Waals surface area contributed by atoms with E-state index >= 15 is 0 Å². The number of hydrogen-bond donors (Lipinski definition) is 1. The Kier molecular flexibility index (Phi) is 4.73. The molecule has 0 aromatic carbocycles. The number of carbonyl (C=O) groups is 2. The molecule has 0 aliphatic carbocycles. The van der Waals surface area contributed by atoms with Crippen LogP contribution in [0.3, 0.4) is 0 Å². The van der Waals surface area contributed by atoms with Gasteiger partial charge in [0.1, 0.15) is 11.6 Å². The van der Waals surface area contributed by atoms with Crippen molar-refractivity contribution in [1.82, 2.24) is 4.90 Å². The maximum Gasteiger partial charge on any atom is 0.323 e. The van der Waals surface area contributed by atoms with E-state index in [1.807, 2.05) is 25.7 Å². The molecule has 1 aliphatic rings. The molecule has 1 heterocycles. The van der Waals surface area contributed by atoms with Crippen molar-refractivity contribution in [2.45, 2.75) is 52.2 Å². The summed E-state index contributed by atoms with van der Waals surface area (Å²) in [6.07, 6.45) is 1.66. The molecule has 0 aromatic rings. The summed E-state index contributed by atoms with van der Waals surface area (Å²) in [7, 11) is 0. The minimum Gasteiger partial charge on any atom is -0.481 e. The smallest absolute Gasteiger partial charge is 0.323 e. The van der Waals surface area contributed by atoms with Gasteiger partial charge in [-0.05, 0) is 40.2 Å². The SMILES string of the molecule is CC(CN1CCC[C@@H]1C(=O)OC(C)(C)C)C(=O)O. The average Bonchev–Trinajstić information content (AvgIpc) is 2.62. The van der Waals surface area contributed by atoms with Crippen molar-refractivity contribution in [1.29, 1.82) is 0 Å². The number of carboxylic acids is 1. The monoisotopic (exact) mass is 257 g/mol. The Bertz CT molecular complexity index is 321. The van der Waals surface area contributed by atoms with E-state index < -0.39 is 17.5 Å². The Balaban J connectivity index is 2.59. The zero-order valence-corrected chi connectivity index (χ0v) is 11.6. The van der Waals surface area contributed by atoms with E-state index in [1.54, 1.807) is 6.92 Å². The summed E-state index contributed by atoms with van der Waals surface area (Å²) in [6, 6.07) is -0.286. The first kappa shape index (κ1) is 15.0. The van der Waals surface area contributed by atoms with Crippen LogP contribution in [0.15, 0.2) is 0 Å². The molecule has 0 bridgehead atoms. The molecule has 5 nitrogen and oxygen atoms in total. The molecule has 1 saturated heterocycles. The highest BCUT2D eigenvalue weighted by molar-refractivity contribution is 5.76. The number of carboxylic acid groups (broad SMARTS) is 1. The van der Waals surface area contributed by atoms with Gasteiger partial charge in [-0.15, -0.1) is 0 Å². The minimum atomic E-state index is -0.829. The van der Waals surface area contributed by atoms with Crippen molar-refractivity contribution in [3.8, 4) is 0 Å². The Hall–Kier alpha value is -1.10. The predicted octanol–water partition coefficient (Wildman–Crippen LogP) is 1.51. The maximum absolute atomic E-state index is 12.0. The predicted molar refractivity (Wildman–Crippen MR) is 67.2 cm³/mol. The zero-order chi connectivity index (χ0) is 13.9. The molecule has 1 aliphatic heterocycles. The lowest BCUT2D eigenvalue weighted by Gasteiger charge is -2.28. The van der Waals surface area contributed by atoms with E-state index in [2.05, 4.69) is 0 Å². The van der Waals surface area contributed by atoms with Gasteiger partial charge in [0.2, 0.25) is 0 Å². The second kappa shape index (κ2) is 5.69. The van der Waals surface area contributed by atoms with Crippen LogP contribution in [0.5, 0.6) is 0 Å². The highest BCUT2D eigenvalue weighted by Gasteiger charge is 2.35. The number of rotatable bonds is 4. The third kappa shape index (κ3) is 4.29. The maximum atomic E-state index is 12.0. The van der Waals surface area contributed by atoms with Crippen LogP contribution < -0.4 is 0 Å². The third-order valence-corrected chi connectivity index (χ3v) is 2.97. The molecule has 1 unspecified atom stereocenters. The first-order chi connectivity index (χ1) is 8.20. The lowest BCUT2D eigenvalue weighted by Crippen LogP contribution is -2.43. The topological polar surface area (TPSA) is 66.8 Å². The van der Waals surface area contributed by atoms with Crippen molar-refractivity contribution in [3.63, 3.8) is 0 Å². The van der Waals surface area contributed by atoms with E-state index in [0.29, 0.717) is 6.54 Å². The van der Waals surface area contributed by atoms with Gasteiger partial charge in [-0.25, -0.2) is 0 Å². The number of hydrogen-bond acceptors (Lipinski definition) is 4. The molecule has 0 aromatic heterocycles. The average molecular weight is 257 g/mol. The quantitative estimate of drug-likeness (QED) is 0.773. The van der Waals surface area contributed by atoms with Crippen LogP contribution in [0.4, 0.5) is 0 Å². The second-order valence-electron chi connectivity index (χ2n) is 5.93. The molecule has 2 atom stereocenters. The molecule has 0 spiro atoms. The minimum absolute atomic E-state index is 0.238. The summed E-state index contributed by atoms with van der Waals surface area (Å²) in [6.45, 7) is 8.34. The highest BCUT2D eigenvalue weighted by Crippen LogP contribution is 2.22. The van der Waals surface area contributed by atoms with Crippen molar-refractivity contribution in [2.24, 2.45) is 5.92 Å². The second-order valence-corrected chi connectivity index (χ2v) is 5.93. The molecule has 18 heavy (non-hydrogen) atoms. The van der Waals surface area contributed by atoms with Crippen molar-refractivity contribution in [2.75, 3.05) is 13.1 Å². The fourth-order valence-corrected chi connectivity index (χ4v) is 2.11. The van der Waals surface area contributed by atoms with Gasteiger partial charge in [-0.1, -0.05) is 6.92 Å². The van der Waals surface area contributed by atoms with Gasteiger partial charge >= 0.3 is 11.9 Å². The lowest BCUT2D eigenvalue weighted by atomic mass is 10.1. The van der Waals surface area contributed by atoms with Gasteiger partial charge in [-0.3, -0.25) is 14.5 Å². The van der Waals surface area contributed by atoms with Gasteiger partial charge in [0.25, 0.3) is 0 Å². The molecule has 5 heteroatoms. The summed E-state index contributed by atoms with van der Waals surface area (Å²) in [4.78, 5) is 24.8. The Labute approximate surface area is 108 Å². The number of esters is 1. The fraction of sp³-hybridized carbons (Fsp3) is 0.846. The van der Waals surface area contributed by atoms with E-state index in [1.165, 1.54) is 0 Å². The molecule has 1 rings (SSSR count). The van der Waals surface area contributed by atoms with Crippen LogP contribution in [0.2, 0.25) is 0 Å². The number of nitrogens with zero attached hydrogens (tertiary/aromatic N) is 1. The van der Waals surface area contributed by atoms with Gasteiger partial charge in [0.05, 0.1) is 5.92 Å². The summed E-state index contributed by atoms with van der Waals surface area (Å²) in [5.74, 6) is -1.53. The number of ether oxygens (including phenoxy) is 1.